The van der Waals surface area contributed by atoms with Crippen molar-refractivity contribution in [3.8, 4) is 11.5 Å². The number of hydrogen-bond donors (Lipinski definition) is 1. The van der Waals surface area contributed by atoms with Gasteiger partial charge in [0.25, 0.3) is 0 Å². The van der Waals surface area contributed by atoms with E-state index in [-0.39, 0.29) is 5.75 Å². The van der Waals surface area contributed by atoms with Crippen LogP contribution in [0.3, 0.4) is 0 Å². The molecule has 0 atom stereocenters. The molecule has 0 saturated heterocycles. The van der Waals surface area contributed by atoms with Crippen LogP contribution in [0.25, 0.3) is 0 Å². The highest BCUT2D eigenvalue weighted by Gasteiger charge is 2.22. The molecule has 1 rings (SSSR count). The molecule has 3 nitrogen and oxygen atoms in total. The Morgan fingerprint density at radius 3 is 2.24 bits per heavy atom. The Kier molecular flexibility index (Phi) is 4.34. The third kappa shape index (κ3) is 3.33. The van der Waals surface area contributed by atoms with Crippen LogP contribution < -0.4 is 9.47 Å². The van der Waals surface area contributed by atoms with Crippen LogP contribution in [-0.4, -0.2) is 18.3 Å². The normalized spacial score (nSPS) is 11.4. The van der Waals surface area contributed by atoms with Crippen molar-refractivity contribution in [2.75, 3.05) is 13.2 Å². The van der Waals surface area contributed by atoms with Gasteiger partial charge in [-0.1, -0.05) is 0 Å². The van der Waals surface area contributed by atoms with Crippen molar-refractivity contribution in [3.63, 3.8) is 0 Å². The van der Waals surface area contributed by atoms with E-state index < -0.39 is 11.4 Å². The largest absolute Gasteiger partial charge is 0.490 e. The number of rotatable bonds is 5. The summed E-state index contributed by atoms with van der Waals surface area (Å²) >= 11 is 0. The molecular formula is C13H19FO3. The van der Waals surface area contributed by atoms with Crippen LogP contribution in [0.1, 0.15) is 33.3 Å². The molecule has 0 amide bonds. The van der Waals surface area contributed by atoms with Crippen molar-refractivity contribution in [2.45, 2.75) is 33.3 Å². The van der Waals surface area contributed by atoms with Crippen molar-refractivity contribution in [1.82, 2.24) is 0 Å². The predicted octanol–water partition coefficient (Wildman–Crippen LogP) is 2.85. The highest BCUT2D eigenvalue weighted by molar-refractivity contribution is 5.45. The molecule has 0 aliphatic carbocycles. The Hall–Kier alpha value is -1.29. The molecule has 0 spiro atoms. The van der Waals surface area contributed by atoms with Crippen LogP contribution in [0.4, 0.5) is 4.39 Å². The Morgan fingerprint density at radius 2 is 1.76 bits per heavy atom. The van der Waals surface area contributed by atoms with Gasteiger partial charge in [0.1, 0.15) is 0 Å². The highest BCUT2D eigenvalue weighted by atomic mass is 19.1. The zero-order valence-corrected chi connectivity index (χ0v) is 10.7. The summed E-state index contributed by atoms with van der Waals surface area (Å²) < 4.78 is 24.4. The van der Waals surface area contributed by atoms with Gasteiger partial charge in [-0.05, 0) is 45.4 Å². The summed E-state index contributed by atoms with van der Waals surface area (Å²) in [7, 11) is 0. The van der Waals surface area contributed by atoms with E-state index in [1.165, 1.54) is 6.07 Å². The summed E-state index contributed by atoms with van der Waals surface area (Å²) in [5.74, 6) is -0.0937. The first kappa shape index (κ1) is 13.8. The molecular weight excluding hydrogens is 223 g/mol. The van der Waals surface area contributed by atoms with E-state index in [9.17, 15) is 9.50 Å². The van der Waals surface area contributed by atoms with Crippen molar-refractivity contribution in [3.05, 3.63) is 23.5 Å². The van der Waals surface area contributed by atoms with Gasteiger partial charge in [-0.2, -0.15) is 0 Å². The van der Waals surface area contributed by atoms with E-state index in [1.54, 1.807) is 26.8 Å². The van der Waals surface area contributed by atoms with Gasteiger partial charge in [-0.15, -0.1) is 0 Å². The molecule has 0 aliphatic rings. The summed E-state index contributed by atoms with van der Waals surface area (Å²) in [5, 5.41) is 9.86. The van der Waals surface area contributed by atoms with Crippen LogP contribution in [0.5, 0.6) is 11.5 Å². The molecule has 0 radical (unpaired) electrons. The molecule has 0 heterocycles. The average Bonchev–Trinajstić information content (AvgIpc) is 2.21. The van der Waals surface area contributed by atoms with Crippen LogP contribution in [0.2, 0.25) is 0 Å². The fourth-order valence-corrected chi connectivity index (χ4v) is 1.47. The van der Waals surface area contributed by atoms with Gasteiger partial charge in [-0.3, -0.25) is 0 Å². The molecule has 17 heavy (non-hydrogen) atoms. The third-order valence-corrected chi connectivity index (χ3v) is 2.30. The van der Waals surface area contributed by atoms with Crippen molar-refractivity contribution < 1.29 is 19.0 Å². The molecule has 96 valence electrons. The summed E-state index contributed by atoms with van der Waals surface area (Å²) in [4.78, 5) is 0. The molecule has 1 N–H and O–H groups in total. The second-order valence-electron chi connectivity index (χ2n) is 4.21. The van der Waals surface area contributed by atoms with Gasteiger partial charge >= 0.3 is 0 Å². The summed E-state index contributed by atoms with van der Waals surface area (Å²) in [5.41, 5.74) is -0.654. The van der Waals surface area contributed by atoms with Gasteiger partial charge in [0.2, 0.25) is 0 Å². The first-order valence-corrected chi connectivity index (χ1v) is 5.72. The van der Waals surface area contributed by atoms with Crippen LogP contribution in [-0.2, 0) is 5.60 Å². The molecule has 1 aromatic rings. The lowest BCUT2D eigenvalue weighted by molar-refractivity contribution is 0.0777. The van der Waals surface area contributed by atoms with Gasteiger partial charge in [-0.25, -0.2) is 4.39 Å². The topological polar surface area (TPSA) is 38.7 Å². The number of halogens is 1. The first-order valence-electron chi connectivity index (χ1n) is 5.72. The van der Waals surface area contributed by atoms with Crippen LogP contribution in [0.15, 0.2) is 12.1 Å². The summed E-state index contributed by atoms with van der Waals surface area (Å²) in [6.07, 6.45) is 0. The van der Waals surface area contributed by atoms with Crippen molar-refractivity contribution >= 4 is 0 Å². The molecule has 0 unspecified atom stereocenters. The smallest absolute Gasteiger partial charge is 0.197 e. The first-order chi connectivity index (χ1) is 7.90. The number of aliphatic hydroxyl groups is 1. The maximum absolute atomic E-state index is 13.8. The Labute approximate surface area is 101 Å². The van der Waals surface area contributed by atoms with Crippen molar-refractivity contribution in [2.24, 2.45) is 0 Å². The van der Waals surface area contributed by atoms with Gasteiger partial charge in [0, 0.05) is 0 Å². The van der Waals surface area contributed by atoms with Crippen LogP contribution >= 0.6 is 0 Å². The highest BCUT2D eigenvalue weighted by Crippen LogP contribution is 2.35. The predicted molar refractivity (Wildman–Crippen MR) is 64.0 cm³/mol. The SMILES string of the molecule is CCOc1cc(C(C)(C)O)cc(F)c1OCC. The van der Waals surface area contributed by atoms with E-state index in [0.29, 0.717) is 24.5 Å². The van der Waals surface area contributed by atoms with E-state index in [0.717, 1.165) is 0 Å². The molecule has 0 fully saturated rings. The minimum Gasteiger partial charge on any atom is -0.490 e. The average molecular weight is 242 g/mol. The fourth-order valence-electron chi connectivity index (χ4n) is 1.47. The van der Waals surface area contributed by atoms with Gasteiger partial charge in [0.05, 0.1) is 18.8 Å². The molecule has 4 heteroatoms. The van der Waals surface area contributed by atoms with E-state index in [2.05, 4.69) is 0 Å². The molecule has 0 aliphatic heterocycles. The molecule has 1 aromatic carbocycles. The van der Waals surface area contributed by atoms with Crippen molar-refractivity contribution in [1.29, 1.82) is 0 Å². The van der Waals surface area contributed by atoms with E-state index in [1.807, 2.05) is 6.92 Å². The maximum atomic E-state index is 13.8. The second kappa shape index (κ2) is 5.36. The maximum Gasteiger partial charge on any atom is 0.197 e. The second-order valence-corrected chi connectivity index (χ2v) is 4.21. The molecule has 0 aromatic heterocycles. The summed E-state index contributed by atoms with van der Waals surface area (Å²) in [6, 6.07) is 2.88. The minimum absolute atomic E-state index is 0.0994. The van der Waals surface area contributed by atoms with E-state index in [4.69, 9.17) is 9.47 Å². The zero-order chi connectivity index (χ0) is 13.1. The molecule has 0 saturated carbocycles. The quantitative estimate of drug-likeness (QED) is 0.862. The summed E-state index contributed by atoms with van der Waals surface area (Å²) in [6.45, 7) is 7.55. The number of benzene rings is 1. The third-order valence-electron chi connectivity index (χ3n) is 2.30. The number of hydrogen-bond acceptors (Lipinski definition) is 3. The fraction of sp³-hybridized carbons (Fsp3) is 0.538. The monoisotopic (exact) mass is 242 g/mol. The zero-order valence-electron chi connectivity index (χ0n) is 10.7. The van der Waals surface area contributed by atoms with Gasteiger partial charge in [0.15, 0.2) is 17.3 Å². The lowest BCUT2D eigenvalue weighted by atomic mass is 9.98. The number of ether oxygens (including phenoxy) is 2. The Balaban J connectivity index is 3.25. The minimum atomic E-state index is -1.11. The lowest BCUT2D eigenvalue weighted by Crippen LogP contribution is -2.16. The van der Waals surface area contributed by atoms with Gasteiger partial charge < -0.3 is 14.6 Å². The lowest BCUT2D eigenvalue weighted by Gasteiger charge is -2.20. The van der Waals surface area contributed by atoms with E-state index >= 15 is 0 Å². The Morgan fingerprint density at radius 1 is 1.18 bits per heavy atom. The Bertz CT molecular complexity index is 383. The molecule has 0 bridgehead atoms. The van der Waals surface area contributed by atoms with Crippen LogP contribution in [0, 0.1) is 5.82 Å². The standard InChI is InChI=1S/C13H19FO3/c1-5-16-11-8-9(13(3,4)15)7-10(14)12(11)17-6-2/h7-8,15H,5-6H2,1-4H3.